The number of rotatable bonds is 5. The average Bonchev–Trinajstić information content (AvgIpc) is 2.29. The van der Waals surface area contributed by atoms with E-state index < -0.39 is 0 Å². The Labute approximate surface area is 98.7 Å². The SMILES string of the molecule is O=CN1CCN(C(=O)CCCCBr)CC1. The first-order valence-electron chi connectivity index (χ1n) is 5.31. The number of carbonyl (C=O) groups excluding carboxylic acids is 2. The summed E-state index contributed by atoms with van der Waals surface area (Å²) in [6.45, 7) is 2.72. The molecule has 0 N–H and O–H groups in total. The van der Waals surface area contributed by atoms with E-state index in [2.05, 4.69) is 15.9 Å². The maximum absolute atomic E-state index is 11.7. The summed E-state index contributed by atoms with van der Waals surface area (Å²) in [5, 5.41) is 0.958. The van der Waals surface area contributed by atoms with E-state index in [4.69, 9.17) is 0 Å². The summed E-state index contributed by atoms with van der Waals surface area (Å²) in [4.78, 5) is 25.7. The van der Waals surface area contributed by atoms with Gasteiger partial charge in [-0.05, 0) is 12.8 Å². The first-order valence-corrected chi connectivity index (χ1v) is 6.43. The van der Waals surface area contributed by atoms with Crippen molar-refractivity contribution < 1.29 is 9.59 Å². The third-order valence-corrected chi connectivity index (χ3v) is 3.15. The number of alkyl halides is 1. The third kappa shape index (κ3) is 4.20. The van der Waals surface area contributed by atoms with E-state index >= 15 is 0 Å². The van der Waals surface area contributed by atoms with Crippen LogP contribution < -0.4 is 0 Å². The van der Waals surface area contributed by atoms with Gasteiger partial charge >= 0.3 is 0 Å². The highest BCUT2D eigenvalue weighted by Gasteiger charge is 2.19. The predicted octanol–water partition coefficient (Wildman–Crippen LogP) is 0.852. The van der Waals surface area contributed by atoms with Gasteiger partial charge in [-0.1, -0.05) is 15.9 Å². The van der Waals surface area contributed by atoms with Crippen LogP contribution in [0.25, 0.3) is 0 Å². The van der Waals surface area contributed by atoms with Gasteiger partial charge in [0.15, 0.2) is 0 Å². The molecule has 0 atom stereocenters. The minimum atomic E-state index is 0.224. The number of hydrogen-bond acceptors (Lipinski definition) is 2. The summed E-state index contributed by atoms with van der Waals surface area (Å²) in [5.41, 5.74) is 0. The Morgan fingerprint density at radius 3 is 2.40 bits per heavy atom. The van der Waals surface area contributed by atoms with E-state index in [9.17, 15) is 9.59 Å². The number of piperazine rings is 1. The van der Waals surface area contributed by atoms with Crippen LogP contribution in [0, 0.1) is 0 Å². The molecule has 2 amide bonds. The number of halogens is 1. The Kier molecular flexibility index (Phi) is 5.68. The maximum atomic E-state index is 11.7. The van der Waals surface area contributed by atoms with Crippen molar-refractivity contribution in [3.8, 4) is 0 Å². The van der Waals surface area contributed by atoms with Gasteiger partial charge in [-0.15, -0.1) is 0 Å². The molecule has 0 radical (unpaired) electrons. The summed E-state index contributed by atoms with van der Waals surface area (Å²) in [7, 11) is 0. The summed E-state index contributed by atoms with van der Waals surface area (Å²) in [6, 6.07) is 0. The predicted molar refractivity (Wildman–Crippen MR) is 61.9 cm³/mol. The molecule has 0 aromatic rings. The van der Waals surface area contributed by atoms with Crippen molar-refractivity contribution in [3.63, 3.8) is 0 Å². The Balaban J connectivity index is 2.21. The Morgan fingerprint density at radius 2 is 1.87 bits per heavy atom. The Morgan fingerprint density at radius 1 is 1.20 bits per heavy atom. The molecule has 15 heavy (non-hydrogen) atoms. The molecule has 4 nitrogen and oxygen atoms in total. The second kappa shape index (κ2) is 6.82. The molecule has 0 aromatic carbocycles. The second-order valence-corrected chi connectivity index (χ2v) is 4.46. The lowest BCUT2D eigenvalue weighted by Crippen LogP contribution is -2.48. The van der Waals surface area contributed by atoms with Gasteiger partial charge in [0.25, 0.3) is 0 Å². The molecule has 0 saturated carbocycles. The second-order valence-electron chi connectivity index (χ2n) is 3.67. The van der Waals surface area contributed by atoms with Gasteiger partial charge in [0.2, 0.25) is 12.3 Å². The van der Waals surface area contributed by atoms with Crippen LogP contribution in [-0.4, -0.2) is 53.6 Å². The maximum Gasteiger partial charge on any atom is 0.222 e. The average molecular weight is 277 g/mol. The molecule has 0 aliphatic carbocycles. The van der Waals surface area contributed by atoms with Crippen LogP contribution in [0.4, 0.5) is 0 Å². The van der Waals surface area contributed by atoms with Crippen molar-refractivity contribution >= 4 is 28.2 Å². The van der Waals surface area contributed by atoms with Gasteiger partial charge in [0, 0.05) is 37.9 Å². The van der Waals surface area contributed by atoms with Crippen LogP contribution in [0.2, 0.25) is 0 Å². The van der Waals surface area contributed by atoms with Gasteiger partial charge in [0.1, 0.15) is 0 Å². The monoisotopic (exact) mass is 276 g/mol. The molecule has 0 aromatic heterocycles. The van der Waals surface area contributed by atoms with Crippen LogP contribution in [0.3, 0.4) is 0 Å². The smallest absolute Gasteiger partial charge is 0.222 e. The van der Waals surface area contributed by atoms with Gasteiger partial charge in [-0.25, -0.2) is 0 Å². The number of carbonyl (C=O) groups is 2. The van der Waals surface area contributed by atoms with Gasteiger partial charge in [-0.3, -0.25) is 9.59 Å². The van der Waals surface area contributed by atoms with E-state index in [0.29, 0.717) is 32.6 Å². The van der Waals surface area contributed by atoms with Crippen LogP contribution >= 0.6 is 15.9 Å². The van der Waals surface area contributed by atoms with E-state index in [0.717, 1.165) is 24.6 Å². The molecule has 1 aliphatic rings. The van der Waals surface area contributed by atoms with Crippen molar-refractivity contribution in [3.05, 3.63) is 0 Å². The largest absolute Gasteiger partial charge is 0.342 e. The molecular weight excluding hydrogens is 260 g/mol. The van der Waals surface area contributed by atoms with Crippen LogP contribution in [-0.2, 0) is 9.59 Å². The Bertz CT molecular complexity index is 215. The zero-order valence-electron chi connectivity index (χ0n) is 8.82. The highest BCUT2D eigenvalue weighted by Crippen LogP contribution is 2.06. The number of nitrogens with zero attached hydrogens (tertiary/aromatic N) is 2. The summed E-state index contributed by atoms with van der Waals surface area (Å²) >= 11 is 3.34. The molecule has 0 bridgehead atoms. The highest BCUT2D eigenvalue weighted by molar-refractivity contribution is 9.09. The minimum absolute atomic E-state index is 0.224. The van der Waals surface area contributed by atoms with E-state index in [1.807, 2.05) is 4.90 Å². The Hall–Kier alpha value is -0.580. The first-order chi connectivity index (χ1) is 7.27. The number of unbranched alkanes of at least 4 members (excludes halogenated alkanes) is 1. The molecule has 86 valence electrons. The van der Waals surface area contributed by atoms with Crippen LogP contribution in [0.5, 0.6) is 0 Å². The van der Waals surface area contributed by atoms with Crippen LogP contribution in [0.1, 0.15) is 19.3 Å². The standard InChI is InChI=1S/C10H17BrN2O2/c11-4-2-1-3-10(15)13-7-5-12(9-14)6-8-13/h9H,1-8H2. The van der Waals surface area contributed by atoms with E-state index in [1.165, 1.54) is 0 Å². The van der Waals surface area contributed by atoms with E-state index in [1.54, 1.807) is 4.90 Å². The zero-order valence-corrected chi connectivity index (χ0v) is 10.4. The summed E-state index contributed by atoms with van der Waals surface area (Å²) < 4.78 is 0. The van der Waals surface area contributed by atoms with Gasteiger partial charge in [0.05, 0.1) is 0 Å². The van der Waals surface area contributed by atoms with Crippen molar-refractivity contribution in [2.75, 3.05) is 31.5 Å². The van der Waals surface area contributed by atoms with E-state index in [-0.39, 0.29) is 5.91 Å². The molecule has 1 fully saturated rings. The zero-order chi connectivity index (χ0) is 11.1. The van der Waals surface area contributed by atoms with Crippen molar-refractivity contribution in [2.24, 2.45) is 0 Å². The topological polar surface area (TPSA) is 40.6 Å². The van der Waals surface area contributed by atoms with Crippen molar-refractivity contribution in [1.29, 1.82) is 0 Å². The van der Waals surface area contributed by atoms with Gasteiger partial charge < -0.3 is 9.80 Å². The fourth-order valence-electron chi connectivity index (χ4n) is 1.61. The third-order valence-electron chi connectivity index (χ3n) is 2.59. The molecule has 0 spiro atoms. The van der Waals surface area contributed by atoms with Crippen molar-refractivity contribution in [2.45, 2.75) is 19.3 Å². The lowest BCUT2D eigenvalue weighted by atomic mass is 10.2. The first kappa shape index (κ1) is 12.5. The molecule has 0 unspecified atom stereocenters. The molecular formula is C10H17BrN2O2. The molecule has 1 rings (SSSR count). The normalized spacial score (nSPS) is 16.6. The number of amides is 2. The van der Waals surface area contributed by atoms with Crippen molar-refractivity contribution in [1.82, 2.24) is 9.80 Å². The minimum Gasteiger partial charge on any atom is -0.342 e. The fourth-order valence-corrected chi connectivity index (χ4v) is 2.00. The van der Waals surface area contributed by atoms with Crippen LogP contribution in [0.15, 0.2) is 0 Å². The molecule has 1 saturated heterocycles. The number of hydrogen-bond donors (Lipinski definition) is 0. The summed E-state index contributed by atoms with van der Waals surface area (Å²) in [5.74, 6) is 0.224. The highest BCUT2D eigenvalue weighted by atomic mass is 79.9. The quantitative estimate of drug-likeness (QED) is 0.425. The molecule has 5 heteroatoms. The molecule has 1 heterocycles. The molecule has 1 aliphatic heterocycles. The lowest BCUT2D eigenvalue weighted by Gasteiger charge is -2.32. The summed E-state index contributed by atoms with van der Waals surface area (Å²) in [6.07, 6.45) is 3.47. The fraction of sp³-hybridized carbons (Fsp3) is 0.800. The lowest BCUT2D eigenvalue weighted by molar-refractivity contribution is -0.135. The van der Waals surface area contributed by atoms with Gasteiger partial charge in [-0.2, -0.15) is 0 Å².